The standard InChI is InChI=1S/C14H18N4O3/c19-12-2-1-10(9-16-12)13(20)17-6-3-11(4-7-17)18-8-5-15-14(18)21/h1-2,9,11H,3-8H2,(H,15,21)(H,16,19). The van der Waals surface area contributed by atoms with E-state index in [-0.39, 0.29) is 23.5 Å². The van der Waals surface area contributed by atoms with Gasteiger partial charge in [0, 0.05) is 44.5 Å². The molecule has 1 aromatic rings. The number of urea groups is 1. The number of nitrogens with zero attached hydrogens (tertiary/aromatic N) is 2. The lowest BCUT2D eigenvalue weighted by Gasteiger charge is -2.36. The van der Waals surface area contributed by atoms with Crippen molar-refractivity contribution < 1.29 is 9.59 Å². The molecule has 0 bridgehead atoms. The zero-order chi connectivity index (χ0) is 14.8. The van der Waals surface area contributed by atoms with Crippen LogP contribution in [0, 0.1) is 0 Å². The molecule has 0 atom stereocenters. The van der Waals surface area contributed by atoms with E-state index in [1.807, 2.05) is 4.90 Å². The fourth-order valence-corrected chi connectivity index (χ4v) is 2.94. The van der Waals surface area contributed by atoms with Crippen LogP contribution in [0.2, 0.25) is 0 Å². The fraction of sp³-hybridized carbons (Fsp3) is 0.500. The van der Waals surface area contributed by atoms with E-state index >= 15 is 0 Å². The van der Waals surface area contributed by atoms with Crippen molar-refractivity contribution in [3.8, 4) is 0 Å². The van der Waals surface area contributed by atoms with Gasteiger partial charge in [0.2, 0.25) is 5.56 Å². The number of rotatable bonds is 2. The Morgan fingerprint density at radius 3 is 2.48 bits per heavy atom. The summed E-state index contributed by atoms with van der Waals surface area (Å²) in [6, 6.07) is 3.11. The normalized spacial score (nSPS) is 19.7. The molecule has 21 heavy (non-hydrogen) atoms. The van der Waals surface area contributed by atoms with E-state index in [0.29, 0.717) is 25.2 Å². The van der Waals surface area contributed by atoms with Gasteiger partial charge in [-0.25, -0.2) is 4.79 Å². The largest absolute Gasteiger partial charge is 0.338 e. The zero-order valence-corrected chi connectivity index (χ0v) is 11.7. The first kappa shape index (κ1) is 13.7. The van der Waals surface area contributed by atoms with Crippen molar-refractivity contribution in [3.63, 3.8) is 0 Å². The van der Waals surface area contributed by atoms with Crippen LogP contribution in [-0.4, -0.2) is 58.9 Å². The smallest absolute Gasteiger partial charge is 0.317 e. The summed E-state index contributed by atoms with van der Waals surface area (Å²) in [6.45, 7) is 2.71. The minimum Gasteiger partial charge on any atom is -0.338 e. The van der Waals surface area contributed by atoms with Gasteiger partial charge in [-0.1, -0.05) is 0 Å². The van der Waals surface area contributed by atoms with Crippen LogP contribution < -0.4 is 10.9 Å². The average Bonchev–Trinajstić information content (AvgIpc) is 2.94. The SMILES string of the molecule is O=C(c1ccc(=O)[nH]c1)N1CCC(N2CCNC2=O)CC1. The number of aromatic amines is 1. The number of hydrogen-bond acceptors (Lipinski definition) is 3. The van der Waals surface area contributed by atoms with Gasteiger partial charge in [0.1, 0.15) is 0 Å². The van der Waals surface area contributed by atoms with Crippen molar-refractivity contribution in [2.24, 2.45) is 0 Å². The van der Waals surface area contributed by atoms with Crippen molar-refractivity contribution in [3.05, 3.63) is 34.2 Å². The van der Waals surface area contributed by atoms with Gasteiger partial charge in [0.05, 0.1) is 5.56 Å². The van der Waals surface area contributed by atoms with Gasteiger partial charge in [-0.05, 0) is 18.9 Å². The van der Waals surface area contributed by atoms with E-state index in [1.54, 1.807) is 11.0 Å². The third kappa shape index (κ3) is 2.76. The molecule has 2 aliphatic heterocycles. The molecule has 7 heteroatoms. The molecule has 2 N–H and O–H groups in total. The quantitative estimate of drug-likeness (QED) is 0.804. The van der Waals surface area contributed by atoms with Crippen molar-refractivity contribution in [1.29, 1.82) is 0 Å². The van der Waals surface area contributed by atoms with E-state index in [0.717, 1.165) is 19.4 Å². The number of nitrogens with one attached hydrogen (secondary N) is 2. The Morgan fingerprint density at radius 1 is 1.14 bits per heavy atom. The van der Waals surface area contributed by atoms with Crippen molar-refractivity contribution >= 4 is 11.9 Å². The molecule has 0 aliphatic carbocycles. The summed E-state index contributed by atoms with van der Waals surface area (Å²) in [5, 5.41) is 2.80. The Labute approximate surface area is 121 Å². The maximum Gasteiger partial charge on any atom is 0.317 e. The van der Waals surface area contributed by atoms with Gasteiger partial charge in [0.25, 0.3) is 5.91 Å². The minimum atomic E-state index is -0.217. The van der Waals surface area contributed by atoms with Crippen LogP contribution in [0.3, 0.4) is 0 Å². The monoisotopic (exact) mass is 290 g/mol. The molecule has 3 amide bonds. The Kier molecular flexibility index (Phi) is 3.64. The lowest BCUT2D eigenvalue weighted by atomic mass is 10.0. The summed E-state index contributed by atoms with van der Waals surface area (Å²) < 4.78 is 0. The summed E-state index contributed by atoms with van der Waals surface area (Å²) >= 11 is 0. The highest BCUT2D eigenvalue weighted by molar-refractivity contribution is 5.93. The first-order valence-electron chi connectivity index (χ1n) is 7.17. The molecule has 112 valence electrons. The van der Waals surface area contributed by atoms with E-state index in [9.17, 15) is 14.4 Å². The molecular formula is C14H18N4O3. The van der Waals surface area contributed by atoms with Gasteiger partial charge >= 0.3 is 6.03 Å². The van der Waals surface area contributed by atoms with Crippen LogP contribution in [0.15, 0.2) is 23.1 Å². The second-order valence-corrected chi connectivity index (χ2v) is 5.39. The lowest BCUT2D eigenvalue weighted by molar-refractivity contribution is 0.0665. The van der Waals surface area contributed by atoms with Crippen molar-refractivity contribution in [1.82, 2.24) is 20.1 Å². The number of H-pyrrole nitrogens is 1. The van der Waals surface area contributed by atoms with E-state index in [4.69, 9.17) is 0 Å². The molecule has 2 aliphatic rings. The van der Waals surface area contributed by atoms with Gasteiger partial charge in [-0.3, -0.25) is 9.59 Å². The van der Waals surface area contributed by atoms with Crippen molar-refractivity contribution in [2.45, 2.75) is 18.9 Å². The van der Waals surface area contributed by atoms with Crippen LogP contribution in [0.25, 0.3) is 0 Å². The zero-order valence-electron chi connectivity index (χ0n) is 11.7. The summed E-state index contributed by atoms with van der Waals surface area (Å²) in [6.07, 6.45) is 3.04. The van der Waals surface area contributed by atoms with E-state index in [2.05, 4.69) is 10.3 Å². The van der Waals surface area contributed by atoms with Gasteiger partial charge < -0.3 is 20.1 Å². The molecule has 3 heterocycles. The highest BCUT2D eigenvalue weighted by Crippen LogP contribution is 2.19. The average molecular weight is 290 g/mol. The number of aromatic nitrogens is 1. The third-order valence-corrected chi connectivity index (χ3v) is 4.11. The Balaban J connectivity index is 1.60. The Bertz CT molecular complexity index is 584. The molecule has 2 fully saturated rings. The first-order valence-corrected chi connectivity index (χ1v) is 7.17. The highest BCUT2D eigenvalue weighted by atomic mass is 16.2. The topological polar surface area (TPSA) is 85.5 Å². The van der Waals surface area contributed by atoms with E-state index < -0.39 is 0 Å². The summed E-state index contributed by atoms with van der Waals surface area (Å²) in [4.78, 5) is 41.1. The fourth-order valence-electron chi connectivity index (χ4n) is 2.94. The number of amides is 3. The molecule has 0 unspecified atom stereocenters. The summed E-state index contributed by atoms with van der Waals surface area (Å²) in [5.74, 6) is -0.0735. The second kappa shape index (κ2) is 5.59. The molecule has 0 radical (unpaired) electrons. The molecule has 0 saturated carbocycles. The maximum atomic E-state index is 12.3. The van der Waals surface area contributed by atoms with Crippen LogP contribution in [-0.2, 0) is 0 Å². The number of piperidine rings is 1. The van der Waals surface area contributed by atoms with Crippen LogP contribution in [0.1, 0.15) is 23.2 Å². The number of carbonyl (C=O) groups excluding carboxylic acids is 2. The van der Waals surface area contributed by atoms with Gasteiger partial charge in [-0.2, -0.15) is 0 Å². The van der Waals surface area contributed by atoms with E-state index in [1.165, 1.54) is 12.3 Å². The molecule has 0 aromatic carbocycles. The number of likely N-dealkylation sites (tertiary alicyclic amines) is 1. The Hall–Kier alpha value is -2.31. The van der Waals surface area contributed by atoms with Crippen molar-refractivity contribution in [2.75, 3.05) is 26.2 Å². The number of carbonyl (C=O) groups is 2. The number of hydrogen-bond donors (Lipinski definition) is 2. The highest BCUT2D eigenvalue weighted by Gasteiger charge is 2.32. The van der Waals surface area contributed by atoms with Crippen LogP contribution in [0.4, 0.5) is 4.79 Å². The predicted octanol–water partition coefficient (Wildman–Crippen LogP) is 0.00470. The first-order chi connectivity index (χ1) is 10.1. The Morgan fingerprint density at radius 2 is 1.90 bits per heavy atom. The predicted molar refractivity (Wildman–Crippen MR) is 76.1 cm³/mol. The molecule has 3 rings (SSSR count). The van der Waals surface area contributed by atoms with Crippen LogP contribution in [0.5, 0.6) is 0 Å². The molecule has 0 spiro atoms. The second-order valence-electron chi connectivity index (χ2n) is 5.39. The maximum absolute atomic E-state index is 12.3. The van der Waals surface area contributed by atoms with Crippen LogP contribution >= 0.6 is 0 Å². The molecule has 1 aromatic heterocycles. The molecule has 7 nitrogen and oxygen atoms in total. The van der Waals surface area contributed by atoms with Gasteiger partial charge in [0.15, 0.2) is 0 Å². The molecular weight excluding hydrogens is 272 g/mol. The molecule has 2 saturated heterocycles. The van der Waals surface area contributed by atoms with Gasteiger partial charge in [-0.15, -0.1) is 0 Å². The minimum absolute atomic E-state index is 0.000381. The summed E-state index contributed by atoms with van der Waals surface area (Å²) in [7, 11) is 0. The lowest BCUT2D eigenvalue weighted by Crippen LogP contribution is -2.47. The third-order valence-electron chi connectivity index (χ3n) is 4.11. The number of pyridine rings is 1. The summed E-state index contributed by atoms with van der Waals surface area (Å²) in [5.41, 5.74) is 0.275.